The van der Waals surface area contributed by atoms with E-state index in [9.17, 15) is 20.0 Å². The zero-order valence-electron chi connectivity index (χ0n) is 10.1. The number of hydrogen-bond donors (Lipinski definition) is 3. The molecule has 2 rings (SSSR count). The second kappa shape index (κ2) is 5.27. The number of nitro benzene ring substituents is 1. The molecule has 102 valence electrons. The van der Waals surface area contributed by atoms with Crippen LogP contribution in [0, 0.1) is 10.1 Å². The lowest BCUT2D eigenvalue weighted by Crippen LogP contribution is -2.06. The first-order valence-corrected chi connectivity index (χ1v) is 5.55. The molecule has 0 heterocycles. The fourth-order valence-corrected chi connectivity index (χ4v) is 1.77. The van der Waals surface area contributed by atoms with E-state index in [-0.39, 0.29) is 11.4 Å². The van der Waals surface area contributed by atoms with Gasteiger partial charge in [0.2, 0.25) is 0 Å². The topological polar surface area (TPSA) is 113 Å². The summed E-state index contributed by atoms with van der Waals surface area (Å²) in [6, 6.07) is 9.98. The number of phenols is 1. The number of nitro groups is 1. The molecule has 0 saturated heterocycles. The highest BCUT2D eigenvalue weighted by Crippen LogP contribution is 2.33. The number of aromatic hydroxyl groups is 1. The van der Waals surface area contributed by atoms with E-state index in [2.05, 4.69) is 5.32 Å². The van der Waals surface area contributed by atoms with Gasteiger partial charge in [0.15, 0.2) is 0 Å². The molecular weight excluding hydrogens is 264 g/mol. The lowest BCUT2D eigenvalue weighted by atomic mass is 10.0. The second-order valence-corrected chi connectivity index (χ2v) is 3.97. The molecule has 20 heavy (non-hydrogen) atoms. The Kier molecular flexibility index (Phi) is 3.52. The molecule has 0 unspecified atom stereocenters. The number of nitrogens with zero attached hydrogens (tertiary/aromatic N) is 1. The van der Waals surface area contributed by atoms with Crippen LogP contribution in [0.2, 0.25) is 0 Å². The molecule has 0 bridgehead atoms. The molecule has 0 aliphatic rings. The summed E-state index contributed by atoms with van der Waals surface area (Å²) in [4.78, 5) is 20.9. The molecule has 0 aliphatic heterocycles. The van der Waals surface area contributed by atoms with Crippen molar-refractivity contribution in [1.82, 2.24) is 0 Å². The molecule has 0 radical (unpaired) electrons. The highest BCUT2D eigenvalue weighted by atomic mass is 16.6. The van der Waals surface area contributed by atoms with Gasteiger partial charge in [0, 0.05) is 5.69 Å². The summed E-state index contributed by atoms with van der Waals surface area (Å²) in [5, 5.41) is 31.0. The summed E-state index contributed by atoms with van der Waals surface area (Å²) < 4.78 is 0. The first-order valence-electron chi connectivity index (χ1n) is 5.55. The van der Waals surface area contributed by atoms with Crippen molar-refractivity contribution in [2.24, 2.45) is 0 Å². The summed E-state index contributed by atoms with van der Waals surface area (Å²) in [5.74, 6) is -0.190. The van der Waals surface area contributed by atoms with Crippen molar-refractivity contribution in [3.63, 3.8) is 0 Å². The number of amides is 1. The molecule has 7 nitrogen and oxygen atoms in total. The van der Waals surface area contributed by atoms with Gasteiger partial charge in [-0.05, 0) is 29.8 Å². The Bertz CT molecular complexity index is 667. The maximum absolute atomic E-state index is 11.0. The molecule has 2 aromatic rings. The van der Waals surface area contributed by atoms with Gasteiger partial charge in [0.1, 0.15) is 5.75 Å². The van der Waals surface area contributed by atoms with E-state index in [0.717, 1.165) is 6.07 Å². The number of carboxylic acid groups (broad SMARTS) is 1. The smallest absolute Gasteiger partial charge is 0.409 e. The number of carbonyl (C=O) groups is 1. The fourth-order valence-electron chi connectivity index (χ4n) is 1.77. The van der Waals surface area contributed by atoms with Crippen molar-refractivity contribution in [3.8, 4) is 16.9 Å². The highest BCUT2D eigenvalue weighted by Gasteiger charge is 2.16. The van der Waals surface area contributed by atoms with Crippen molar-refractivity contribution in [1.29, 1.82) is 0 Å². The quantitative estimate of drug-likeness (QED) is 0.588. The van der Waals surface area contributed by atoms with Crippen LogP contribution in [-0.4, -0.2) is 21.2 Å². The third-order valence-corrected chi connectivity index (χ3v) is 2.63. The van der Waals surface area contributed by atoms with Gasteiger partial charge in [-0.3, -0.25) is 15.4 Å². The van der Waals surface area contributed by atoms with Crippen LogP contribution >= 0.6 is 0 Å². The number of hydrogen-bond acceptors (Lipinski definition) is 4. The van der Waals surface area contributed by atoms with Gasteiger partial charge >= 0.3 is 6.09 Å². The van der Waals surface area contributed by atoms with Crippen molar-refractivity contribution in [2.45, 2.75) is 0 Å². The molecule has 1 amide bonds. The Morgan fingerprint density at radius 1 is 1.15 bits per heavy atom. The predicted molar refractivity (Wildman–Crippen MR) is 71.8 cm³/mol. The lowest BCUT2D eigenvalue weighted by Gasteiger charge is -2.05. The van der Waals surface area contributed by atoms with Gasteiger partial charge in [-0.25, -0.2) is 4.79 Å². The van der Waals surface area contributed by atoms with Crippen molar-refractivity contribution in [3.05, 3.63) is 52.6 Å². The van der Waals surface area contributed by atoms with Crippen LogP contribution in [0.1, 0.15) is 0 Å². The molecule has 0 aliphatic carbocycles. The molecule has 3 N–H and O–H groups in total. The minimum absolute atomic E-state index is 0.190. The predicted octanol–water partition coefficient (Wildman–Crippen LogP) is 3.06. The second-order valence-electron chi connectivity index (χ2n) is 3.97. The molecule has 0 aromatic heterocycles. The summed E-state index contributed by atoms with van der Waals surface area (Å²) in [6.45, 7) is 0. The minimum atomic E-state index is -1.19. The van der Waals surface area contributed by atoms with E-state index in [0.29, 0.717) is 16.8 Å². The highest BCUT2D eigenvalue weighted by molar-refractivity contribution is 5.84. The Morgan fingerprint density at radius 2 is 1.80 bits per heavy atom. The number of anilines is 1. The van der Waals surface area contributed by atoms with Crippen LogP contribution in [0.25, 0.3) is 11.1 Å². The van der Waals surface area contributed by atoms with Crippen LogP contribution in [-0.2, 0) is 0 Å². The van der Waals surface area contributed by atoms with Crippen molar-refractivity contribution in [2.75, 3.05) is 5.32 Å². The summed E-state index contributed by atoms with van der Waals surface area (Å²) in [5.41, 5.74) is 1.04. The molecule has 0 atom stereocenters. The Balaban J connectivity index is 2.41. The van der Waals surface area contributed by atoms with Gasteiger partial charge in [-0.2, -0.15) is 0 Å². The Hall–Kier alpha value is -3.09. The van der Waals surface area contributed by atoms with Crippen LogP contribution in [0.5, 0.6) is 5.75 Å². The van der Waals surface area contributed by atoms with Crippen LogP contribution < -0.4 is 5.32 Å². The van der Waals surface area contributed by atoms with Gasteiger partial charge in [-0.1, -0.05) is 12.1 Å². The van der Waals surface area contributed by atoms with E-state index >= 15 is 0 Å². The fraction of sp³-hybridized carbons (Fsp3) is 0. The van der Waals surface area contributed by atoms with E-state index in [1.165, 1.54) is 24.3 Å². The van der Waals surface area contributed by atoms with Crippen LogP contribution in [0.15, 0.2) is 42.5 Å². The largest absolute Gasteiger partial charge is 0.508 e. The number of nitrogens with one attached hydrogen (secondary N) is 1. The number of benzene rings is 2. The standard InChI is InChI=1S/C13H10N2O5/c16-10-5-6-11(12(7-10)15(19)20)8-1-3-9(4-2-8)14-13(17)18/h1-7,14,16H,(H,17,18). The van der Waals surface area contributed by atoms with Crippen molar-refractivity contribution >= 4 is 17.5 Å². The van der Waals surface area contributed by atoms with E-state index < -0.39 is 11.0 Å². The molecule has 2 aromatic carbocycles. The lowest BCUT2D eigenvalue weighted by molar-refractivity contribution is -0.384. The molecule has 0 saturated carbocycles. The third kappa shape index (κ3) is 2.83. The first kappa shape index (κ1) is 13.3. The Labute approximate surface area is 113 Å². The van der Waals surface area contributed by atoms with Gasteiger partial charge in [0.05, 0.1) is 16.6 Å². The monoisotopic (exact) mass is 274 g/mol. The number of phenolic OH excluding ortho intramolecular Hbond substituents is 1. The SMILES string of the molecule is O=C(O)Nc1ccc(-c2ccc(O)cc2[N+](=O)[O-])cc1. The van der Waals surface area contributed by atoms with E-state index in [1.807, 2.05) is 0 Å². The first-order chi connectivity index (χ1) is 9.47. The van der Waals surface area contributed by atoms with Crippen LogP contribution in [0.3, 0.4) is 0 Å². The van der Waals surface area contributed by atoms with Crippen LogP contribution in [0.4, 0.5) is 16.2 Å². The van der Waals surface area contributed by atoms with Gasteiger partial charge in [-0.15, -0.1) is 0 Å². The normalized spacial score (nSPS) is 10.0. The number of rotatable bonds is 3. The molecule has 0 fully saturated rings. The van der Waals surface area contributed by atoms with Gasteiger partial charge in [0.25, 0.3) is 5.69 Å². The zero-order chi connectivity index (χ0) is 14.7. The zero-order valence-corrected chi connectivity index (χ0v) is 10.1. The molecule has 7 heteroatoms. The summed E-state index contributed by atoms with van der Waals surface area (Å²) in [6.07, 6.45) is -1.19. The molecule has 0 spiro atoms. The maximum Gasteiger partial charge on any atom is 0.409 e. The summed E-state index contributed by atoms with van der Waals surface area (Å²) in [7, 11) is 0. The Morgan fingerprint density at radius 3 is 2.35 bits per heavy atom. The third-order valence-electron chi connectivity index (χ3n) is 2.63. The van der Waals surface area contributed by atoms with E-state index in [4.69, 9.17) is 5.11 Å². The van der Waals surface area contributed by atoms with Crippen molar-refractivity contribution < 1.29 is 19.9 Å². The molecular formula is C13H10N2O5. The summed E-state index contributed by atoms with van der Waals surface area (Å²) >= 11 is 0. The minimum Gasteiger partial charge on any atom is -0.508 e. The maximum atomic E-state index is 11.0. The average molecular weight is 274 g/mol. The van der Waals surface area contributed by atoms with E-state index in [1.54, 1.807) is 12.1 Å². The average Bonchev–Trinajstić information content (AvgIpc) is 2.39. The van der Waals surface area contributed by atoms with Gasteiger partial charge < -0.3 is 10.2 Å².